The van der Waals surface area contributed by atoms with Gasteiger partial charge in [-0.3, -0.25) is 4.79 Å². The normalized spacial score (nSPS) is 14.2. The van der Waals surface area contributed by atoms with Gasteiger partial charge in [0, 0.05) is 23.1 Å². The zero-order valence-corrected chi connectivity index (χ0v) is 17.5. The van der Waals surface area contributed by atoms with Crippen molar-refractivity contribution in [1.82, 2.24) is 10.2 Å². The van der Waals surface area contributed by atoms with Crippen LogP contribution in [0.15, 0.2) is 30.5 Å². The van der Waals surface area contributed by atoms with E-state index in [4.69, 9.17) is 9.47 Å². The highest BCUT2D eigenvalue weighted by atomic mass is 16.5. The summed E-state index contributed by atoms with van der Waals surface area (Å²) in [5.74, 6) is 7.25. The number of esters is 1. The molecule has 29 heavy (non-hydrogen) atoms. The van der Waals surface area contributed by atoms with Crippen LogP contribution in [0.2, 0.25) is 0 Å². The van der Waals surface area contributed by atoms with Crippen LogP contribution in [0, 0.1) is 11.8 Å². The van der Waals surface area contributed by atoms with Gasteiger partial charge in [0.05, 0.1) is 25.1 Å². The number of rotatable bonds is 6. The number of ether oxygens (including phenoxy) is 2. The monoisotopic (exact) mass is 392 g/mol. The lowest BCUT2D eigenvalue weighted by Crippen LogP contribution is -2.26. The summed E-state index contributed by atoms with van der Waals surface area (Å²) >= 11 is 0. The molecule has 0 atom stereocenters. The van der Waals surface area contributed by atoms with Gasteiger partial charge in [-0.25, -0.2) is 0 Å². The zero-order valence-electron chi connectivity index (χ0n) is 17.5. The van der Waals surface area contributed by atoms with Gasteiger partial charge < -0.3 is 9.47 Å². The molecule has 0 saturated carbocycles. The molecular formula is C24H28N2O3. The summed E-state index contributed by atoms with van der Waals surface area (Å²) in [6.07, 6.45) is 5.55. The maximum atomic E-state index is 11.4. The molecule has 0 aliphatic carbocycles. The second kappa shape index (κ2) is 9.56. The van der Waals surface area contributed by atoms with E-state index in [1.165, 1.54) is 5.56 Å². The molecule has 0 fully saturated rings. The third-order valence-electron chi connectivity index (χ3n) is 5.12. The van der Waals surface area contributed by atoms with Gasteiger partial charge in [-0.05, 0) is 62.3 Å². The van der Waals surface area contributed by atoms with Gasteiger partial charge in [0.2, 0.25) is 0 Å². The molecule has 0 unspecified atom stereocenters. The third-order valence-corrected chi connectivity index (χ3v) is 5.12. The first-order chi connectivity index (χ1) is 14.0. The number of fused-ring (bicyclic) bond motifs is 1. The molecule has 152 valence electrons. The molecule has 2 heterocycles. The molecule has 3 rings (SSSR count). The summed E-state index contributed by atoms with van der Waals surface area (Å²) in [5, 5.41) is 8.24. The summed E-state index contributed by atoms with van der Waals surface area (Å²) in [6, 6.07) is 8.11. The summed E-state index contributed by atoms with van der Waals surface area (Å²) in [5.41, 5.74) is 4.01. The zero-order chi connectivity index (χ0) is 20.7. The maximum Gasteiger partial charge on any atom is 0.305 e. The van der Waals surface area contributed by atoms with Crippen LogP contribution in [0.5, 0.6) is 5.75 Å². The van der Waals surface area contributed by atoms with Crippen molar-refractivity contribution in [2.75, 3.05) is 13.2 Å². The predicted molar refractivity (Wildman–Crippen MR) is 112 cm³/mol. The lowest BCUT2D eigenvalue weighted by atomic mass is 9.79. The second-order valence-corrected chi connectivity index (χ2v) is 7.89. The fraction of sp³-hybridized carbons (Fsp3) is 0.458. The highest BCUT2D eigenvalue weighted by Crippen LogP contribution is 2.38. The Hall–Kier alpha value is -2.87. The van der Waals surface area contributed by atoms with E-state index in [9.17, 15) is 4.79 Å². The Labute approximate surface area is 172 Å². The third kappa shape index (κ3) is 5.80. The highest BCUT2D eigenvalue weighted by Gasteiger charge is 2.28. The van der Waals surface area contributed by atoms with E-state index in [1.54, 1.807) is 6.20 Å². The van der Waals surface area contributed by atoms with Crippen molar-refractivity contribution in [3.8, 4) is 17.6 Å². The predicted octanol–water partition coefficient (Wildman–Crippen LogP) is 4.21. The number of unbranched alkanes of at least 4 members (excludes halogenated alkanes) is 1. The topological polar surface area (TPSA) is 61.3 Å². The molecule has 5 nitrogen and oxygen atoms in total. The number of aromatic nitrogens is 2. The minimum Gasteiger partial charge on any atom is -0.493 e. The standard InChI is InChI=1S/C24H28N2O3/c1-4-28-23(27)8-6-5-7-20-15-19(17-25-26-20)10-9-18-11-12-22-21(16-18)24(2,3)13-14-29-22/h11-12,15-17H,4-8,13-14H2,1-3H3. The van der Waals surface area contributed by atoms with Crippen LogP contribution >= 0.6 is 0 Å². The van der Waals surface area contributed by atoms with E-state index < -0.39 is 0 Å². The fourth-order valence-electron chi connectivity index (χ4n) is 3.37. The molecule has 0 N–H and O–H groups in total. The Morgan fingerprint density at radius 1 is 1.21 bits per heavy atom. The van der Waals surface area contributed by atoms with Gasteiger partial charge in [0.15, 0.2) is 0 Å². The van der Waals surface area contributed by atoms with Gasteiger partial charge in [-0.1, -0.05) is 25.7 Å². The van der Waals surface area contributed by atoms with E-state index in [1.807, 2.05) is 25.1 Å². The van der Waals surface area contributed by atoms with Crippen LogP contribution in [-0.2, 0) is 21.4 Å². The lowest BCUT2D eigenvalue weighted by molar-refractivity contribution is -0.143. The molecule has 0 amide bonds. The van der Waals surface area contributed by atoms with Crippen LogP contribution in [0.4, 0.5) is 0 Å². The Bertz CT molecular complexity index is 925. The van der Waals surface area contributed by atoms with Crippen molar-refractivity contribution in [3.63, 3.8) is 0 Å². The Morgan fingerprint density at radius 3 is 2.86 bits per heavy atom. The van der Waals surface area contributed by atoms with E-state index in [-0.39, 0.29) is 11.4 Å². The molecule has 0 spiro atoms. The highest BCUT2D eigenvalue weighted by molar-refractivity contribution is 5.69. The largest absolute Gasteiger partial charge is 0.493 e. The second-order valence-electron chi connectivity index (χ2n) is 7.89. The van der Waals surface area contributed by atoms with Crippen molar-refractivity contribution >= 4 is 5.97 Å². The number of carbonyl (C=O) groups is 1. The van der Waals surface area contributed by atoms with Crippen molar-refractivity contribution < 1.29 is 14.3 Å². The average Bonchev–Trinajstić information content (AvgIpc) is 2.70. The van der Waals surface area contributed by atoms with Gasteiger partial charge in [0.25, 0.3) is 0 Å². The first kappa shape index (κ1) is 20.9. The Morgan fingerprint density at radius 2 is 2.03 bits per heavy atom. The van der Waals surface area contributed by atoms with E-state index in [2.05, 4.69) is 42.0 Å². The molecule has 0 saturated heterocycles. The molecular weight excluding hydrogens is 364 g/mol. The van der Waals surface area contributed by atoms with Gasteiger partial charge in [-0.2, -0.15) is 10.2 Å². The van der Waals surface area contributed by atoms with Crippen LogP contribution in [0.1, 0.15) is 68.8 Å². The SMILES string of the molecule is CCOC(=O)CCCCc1cc(C#Cc2ccc3c(c2)C(C)(C)CCO3)cnn1. The van der Waals surface area contributed by atoms with E-state index >= 15 is 0 Å². The minimum absolute atomic E-state index is 0.0974. The summed E-state index contributed by atoms with van der Waals surface area (Å²) in [6.45, 7) is 7.49. The Balaban J connectivity index is 1.63. The van der Waals surface area contributed by atoms with Gasteiger partial charge in [0.1, 0.15) is 5.75 Å². The number of hydrogen-bond donors (Lipinski definition) is 0. The smallest absolute Gasteiger partial charge is 0.305 e. The molecule has 2 aromatic rings. The van der Waals surface area contributed by atoms with E-state index in [0.717, 1.165) is 54.9 Å². The first-order valence-corrected chi connectivity index (χ1v) is 10.2. The number of benzene rings is 1. The molecule has 0 radical (unpaired) electrons. The van der Waals surface area contributed by atoms with E-state index in [0.29, 0.717) is 13.0 Å². The minimum atomic E-state index is -0.142. The molecule has 1 aromatic heterocycles. The summed E-state index contributed by atoms with van der Waals surface area (Å²) in [7, 11) is 0. The molecule has 1 aromatic carbocycles. The lowest BCUT2D eigenvalue weighted by Gasteiger charge is -2.32. The fourth-order valence-corrected chi connectivity index (χ4v) is 3.37. The summed E-state index contributed by atoms with van der Waals surface area (Å²) in [4.78, 5) is 11.4. The van der Waals surface area contributed by atoms with Gasteiger partial charge >= 0.3 is 5.97 Å². The number of carbonyl (C=O) groups excluding carboxylic acids is 1. The Kier molecular flexibility index (Phi) is 6.87. The van der Waals surface area contributed by atoms with Crippen LogP contribution in [0.3, 0.4) is 0 Å². The number of nitrogens with zero attached hydrogens (tertiary/aromatic N) is 2. The van der Waals surface area contributed by atoms with Crippen LogP contribution in [0.25, 0.3) is 0 Å². The van der Waals surface area contributed by atoms with Crippen molar-refractivity contribution in [2.24, 2.45) is 0 Å². The maximum absolute atomic E-state index is 11.4. The molecule has 5 heteroatoms. The van der Waals surface area contributed by atoms with Crippen molar-refractivity contribution in [1.29, 1.82) is 0 Å². The number of aryl methyl sites for hydroxylation is 1. The van der Waals surface area contributed by atoms with Gasteiger partial charge in [-0.15, -0.1) is 0 Å². The molecule has 1 aliphatic rings. The van der Waals surface area contributed by atoms with Crippen molar-refractivity contribution in [3.05, 3.63) is 52.8 Å². The average molecular weight is 392 g/mol. The van der Waals surface area contributed by atoms with Crippen LogP contribution in [-0.4, -0.2) is 29.4 Å². The molecule has 0 bridgehead atoms. The number of hydrogen-bond acceptors (Lipinski definition) is 5. The quantitative estimate of drug-likeness (QED) is 0.419. The van der Waals surface area contributed by atoms with Crippen molar-refractivity contribution in [2.45, 2.75) is 58.3 Å². The molecule has 1 aliphatic heterocycles. The van der Waals surface area contributed by atoms with Crippen LogP contribution < -0.4 is 4.74 Å². The summed E-state index contributed by atoms with van der Waals surface area (Å²) < 4.78 is 10.7. The first-order valence-electron chi connectivity index (χ1n) is 10.2.